The van der Waals surface area contributed by atoms with E-state index in [0.29, 0.717) is 6.54 Å². The van der Waals surface area contributed by atoms with Gasteiger partial charge in [-0.05, 0) is 27.8 Å². The van der Waals surface area contributed by atoms with Crippen LogP contribution in [0, 0.1) is 0 Å². The fourth-order valence-electron chi connectivity index (χ4n) is 2.58. The van der Waals surface area contributed by atoms with Crippen LogP contribution >= 0.6 is 11.3 Å². The monoisotopic (exact) mass is 354 g/mol. The van der Waals surface area contributed by atoms with E-state index in [-0.39, 0.29) is 6.54 Å². The van der Waals surface area contributed by atoms with Crippen LogP contribution in [0.5, 0.6) is 0 Å². The lowest BCUT2D eigenvalue weighted by molar-refractivity contribution is -0.139. The Kier molecular flexibility index (Phi) is 5.42. The van der Waals surface area contributed by atoms with Crippen LogP contribution < -0.4 is 10.6 Å². The molecule has 3 rings (SSSR count). The maximum atomic E-state index is 11.9. The highest BCUT2D eigenvalue weighted by Crippen LogP contribution is 2.23. The van der Waals surface area contributed by atoms with Gasteiger partial charge in [0.15, 0.2) is 0 Å². The van der Waals surface area contributed by atoms with Gasteiger partial charge in [0.05, 0.1) is 12.6 Å². The summed E-state index contributed by atoms with van der Waals surface area (Å²) in [5, 5.41) is 19.3. The predicted octanol–water partition coefficient (Wildman–Crippen LogP) is 2.37. The largest absolute Gasteiger partial charge is 0.387 e. The number of rotatable bonds is 5. The third kappa shape index (κ3) is 4.23. The number of aliphatic hydroxyl groups is 1. The van der Waals surface area contributed by atoms with Crippen molar-refractivity contribution in [3.05, 3.63) is 70.4 Å². The lowest BCUT2D eigenvalue weighted by Gasteiger charge is -2.14. The summed E-state index contributed by atoms with van der Waals surface area (Å²) in [5.41, 5.74) is 0.720. The molecule has 0 fully saturated rings. The van der Waals surface area contributed by atoms with Gasteiger partial charge < -0.3 is 15.7 Å². The second-order valence-electron chi connectivity index (χ2n) is 5.56. The van der Waals surface area contributed by atoms with Crippen molar-refractivity contribution in [1.29, 1.82) is 0 Å². The van der Waals surface area contributed by atoms with E-state index in [2.05, 4.69) is 10.6 Å². The van der Waals surface area contributed by atoms with E-state index in [1.807, 2.05) is 60.0 Å². The van der Waals surface area contributed by atoms with Crippen molar-refractivity contribution in [3.63, 3.8) is 0 Å². The molecule has 2 amide bonds. The maximum Gasteiger partial charge on any atom is 0.309 e. The number of carbonyl (C=O) groups is 2. The van der Waals surface area contributed by atoms with Gasteiger partial charge in [-0.3, -0.25) is 9.59 Å². The molecule has 1 heterocycles. The summed E-state index contributed by atoms with van der Waals surface area (Å²) >= 11 is 1.51. The zero-order valence-electron chi connectivity index (χ0n) is 13.4. The molecule has 0 radical (unpaired) electrons. The van der Waals surface area contributed by atoms with Crippen LogP contribution in [-0.4, -0.2) is 23.5 Å². The van der Waals surface area contributed by atoms with E-state index >= 15 is 0 Å². The molecule has 3 N–H and O–H groups in total. The predicted molar refractivity (Wildman–Crippen MR) is 98.1 cm³/mol. The van der Waals surface area contributed by atoms with Gasteiger partial charge in [-0.1, -0.05) is 48.5 Å². The van der Waals surface area contributed by atoms with Crippen LogP contribution in [0.2, 0.25) is 0 Å². The fourth-order valence-corrected chi connectivity index (χ4v) is 3.23. The van der Waals surface area contributed by atoms with Crippen molar-refractivity contribution in [2.24, 2.45) is 0 Å². The van der Waals surface area contributed by atoms with Gasteiger partial charge in [0.1, 0.15) is 0 Å². The second kappa shape index (κ2) is 7.92. The van der Waals surface area contributed by atoms with E-state index < -0.39 is 17.9 Å². The first kappa shape index (κ1) is 17.1. The zero-order chi connectivity index (χ0) is 17.6. The molecule has 5 nitrogen and oxygen atoms in total. The van der Waals surface area contributed by atoms with Crippen LogP contribution in [0.4, 0.5) is 0 Å². The van der Waals surface area contributed by atoms with Crippen LogP contribution in [0.15, 0.2) is 60.0 Å². The van der Waals surface area contributed by atoms with Crippen molar-refractivity contribution in [2.45, 2.75) is 12.6 Å². The summed E-state index contributed by atoms with van der Waals surface area (Å²) in [4.78, 5) is 24.6. The lowest BCUT2D eigenvalue weighted by Crippen LogP contribution is -2.41. The van der Waals surface area contributed by atoms with Gasteiger partial charge in [-0.2, -0.15) is 0 Å². The molecule has 0 saturated heterocycles. The molecule has 0 saturated carbocycles. The van der Waals surface area contributed by atoms with Crippen molar-refractivity contribution >= 4 is 33.9 Å². The summed E-state index contributed by atoms with van der Waals surface area (Å²) in [7, 11) is 0. The summed E-state index contributed by atoms with van der Waals surface area (Å²) in [5.74, 6) is -1.46. The first-order valence-corrected chi connectivity index (χ1v) is 8.77. The lowest BCUT2D eigenvalue weighted by atomic mass is 10.0. The van der Waals surface area contributed by atoms with Gasteiger partial charge in [-0.25, -0.2) is 0 Å². The Morgan fingerprint density at radius 1 is 0.960 bits per heavy atom. The number of fused-ring (bicyclic) bond motifs is 1. The van der Waals surface area contributed by atoms with Crippen LogP contribution in [-0.2, 0) is 16.1 Å². The molecule has 6 heteroatoms. The highest BCUT2D eigenvalue weighted by atomic mass is 32.1. The maximum absolute atomic E-state index is 11.9. The molecule has 0 aliphatic carbocycles. The smallest absolute Gasteiger partial charge is 0.309 e. The first-order valence-electron chi connectivity index (χ1n) is 7.89. The van der Waals surface area contributed by atoms with Crippen molar-refractivity contribution in [2.75, 3.05) is 6.54 Å². The Hall–Kier alpha value is -2.70. The average molecular weight is 354 g/mol. The summed E-state index contributed by atoms with van der Waals surface area (Å²) < 4.78 is 0. The number of nitrogens with one attached hydrogen (secondary N) is 2. The topological polar surface area (TPSA) is 78.4 Å². The SMILES string of the molecule is O=C(NCc1cccs1)C(=O)NCC(O)c1cccc2ccccc12. The third-order valence-electron chi connectivity index (χ3n) is 3.85. The molecule has 1 unspecified atom stereocenters. The summed E-state index contributed by atoms with van der Waals surface area (Å²) in [6.45, 7) is 0.287. The van der Waals surface area contributed by atoms with E-state index in [9.17, 15) is 14.7 Å². The van der Waals surface area contributed by atoms with Gasteiger partial charge in [0, 0.05) is 11.4 Å². The van der Waals surface area contributed by atoms with E-state index in [1.54, 1.807) is 0 Å². The number of amides is 2. The molecule has 0 bridgehead atoms. The summed E-state index contributed by atoms with van der Waals surface area (Å²) in [6, 6.07) is 17.1. The molecular weight excluding hydrogens is 336 g/mol. The molecular formula is C19H18N2O3S. The molecule has 0 aliphatic rings. The highest BCUT2D eigenvalue weighted by molar-refractivity contribution is 7.09. The Morgan fingerprint density at radius 3 is 2.52 bits per heavy atom. The zero-order valence-corrected chi connectivity index (χ0v) is 14.3. The Morgan fingerprint density at radius 2 is 1.72 bits per heavy atom. The quantitative estimate of drug-likeness (QED) is 0.616. The number of aliphatic hydroxyl groups excluding tert-OH is 1. The minimum atomic E-state index is -0.889. The van der Waals surface area contributed by atoms with Crippen LogP contribution in [0.25, 0.3) is 10.8 Å². The van der Waals surface area contributed by atoms with Gasteiger partial charge in [-0.15, -0.1) is 11.3 Å². The number of carbonyl (C=O) groups excluding carboxylic acids is 2. The Balaban J connectivity index is 1.56. The van der Waals surface area contributed by atoms with Gasteiger partial charge in [0.2, 0.25) is 0 Å². The molecule has 3 aromatic rings. The standard InChI is InChI=1S/C19H18N2O3S/c22-17(16-9-3-6-13-5-1-2-8-15(13)16)12-21-19(24)18(23)20-11-14-7-4-10-25-14/h1-10,17,22H,11-12H2,(H,20,23)(H,21,24). The number of benzene rings is 2. The number of thiophene rings is 1. The Bertz CT molecular complexity index is 872. The van der Waals surface area contributed by atoms with E-state index in [1.165, 1.54) is 11.3 Å². The molecule has 128 valence electrons. The minimum absolute atomic E-state index is 0.0285. The highest BCUT2D eigenvalue weighted by Gasteiger charge is 2.16. The van der Waals surface area contributed by atoms with Crippen molar-refractivity contribution < 1.29 is 14.7 Å². The van der Waals surface area contributed by atoms with Crippen LogP contribution in [0.1, 0.15) is 16.5 Å². The number of hydrogen-bond acceptors (Lipinski definition) is 4. The molecule has 2 aromatic carbocycles. The third-order valence-corrected chi connectivity index (χ3v) is 4.72. The second-order valence-corrected chi connectivity index (χ2v) is 6.59. The minimum Gasteiger partial charge on any atom is -0.387 e. The van der Waals surface area contributed by atoms with E-state index in [4.69, 9.17) is 0 Å². The van der Waals surface area contributed by atoms with Crippen LogP contribution in [0.3, 0.4) is 0 Å². The normalized spacial score (nSPS) is 11.9. The van der Waals surface area contributed by atoms with E-state index in [0.717, 1.165) is 21.2 Å². The molecule has 0 aliphatic heterocycles. The average Bonchev–Trinajstić information content (AvgIpc) is 3.17. The summed E-state index contributed by atoms with van der Waals surface area (Å²) in [6.07, 6.45) is -0.889. The molecule has 0 spiro atoms. The van der Waals surface area contributed by atoms with Crippen molar-refractivity contribution in [3.8, 4) is 0 Å². The molecule has 1 aromatic heterocycles. The first-order chi connectivity index (χ1) is 12.1. The Labute approximate surface area is 149 Å². The number of hydrogen-bond donors (Lipinski definition) is 3. The van der Waals surface area contributed by atoms with Gasteiger partial charge >= 0.3 is 11.8 Å². The van der Waals surface area contributed by atoms with Crippen molar-refractivity contribution in [1.82, 2.24) is 10.6 Å². The van der Waals surface area contributed by atoms with Gasteiger partial charge in [0.25, 0.3) is 0 Å². The fraction of sp³-hybridized carbons (Fsp3) is 0.158. The molecule has 25 heavy (non-hydrogen) atoms. The molecule has 1 atom stereocenters.